The lowest BCUT2D eigenvalue weighted by atomic mass is 9.98. The highest BCUT2D eigenvalue weighted by atomic mass is 35.5. The van der Waals surface area contributed by atoms with Crippen LogP contribution in [0.4, 0.5) is 0 Å². The zero-order valence-corrected chi connectivity index (χ0v) is 14.1. The van der Waals surface area contributed by atoms with Crippen LogP contribution in [0.15, 0.2) is 0 Å². The van der Waals surface area contributed by atoms with E-state index in [0.29, 0.717) is 19.2 Å². The molecule has 2 N–H and O–H groups in total. The maximum atomic E-state index is 12.4. The summed E-state index contributed by atoms with van der Waals surface area (Å²) in [4.78, 5) is 16.7. The summed E-state index contributed by atoms with van der Waals surface area (Å²) >= 11 is 0. The monoisotopic (exact) mass is 319 g/mol. The van der Waals surface area contributed by atoms with Gasteiger partial charge in [-0.05, 0) is 31.6 Å². The molecule has 2 fully saturated rings. The van der Waals surface area contributed by atoms with Crippen LogP contribution in [0.5, 0.6) is 0 Å². The number of hydrogen-bond donors (Lipinski definition) is 1. The van der Waals surface area contributed by atoms with Gasteiger partial charge in [-0.2, -0.15) is 0 Å². The van der Waals surface area contributed by atoms with E-state index in [1.54, 1.807) is 7.11 Å². The van der Waals surface area contributed by atoms with Gasteiger partial charge in [0.05, 0.1) is 12.6 Å². The van der Waals surface area contributed by atoms with E-state index in [4.69, 9.17) is 10.5 Å². The molecule has 2 aliphatic heterocycles. The molecule has 0 aromatic carbocycles. The molecule has 0 bridgehead atoms. The van der Waals surface area contributed by atoms with Crippen LogP contribution in [0.2, 0.25) is 0 Å². The minimum atomic E-state index is 0. The molecule has 0 aliphatic carbocycles. The Morgan fingerprint density at radius 3 is 2.48 bits per heavy atom. The number of methoxy groups -OCH3 is 1. The number of piperidine rings is 2. The summed E-state index contributed by atoms with van der Waals surface area (Å²) < 4.78 is 5.43. The van der Waals surface area contributed by atoms with Crippen molar-refractivity contribution in [1.82, 2.24) is 9.80 Å². The number of hydrogen-bond acceptors (Lipinski definition) is 4. The van der Waals surface area contributed by atoms with Gasteiger partial charge >= 0.3 is 0 Å². The third-order valence-electron chi connectivity index (χ3n) is 4.87. The van der Waals surface area contributed by atoms with E-state index < -0.39 is 0 Å². The van der Waals surface area contributed by atoms with Crippen LogP contribution < -0.4 is 5.73 Å². The molecule has 2 heterocycles. The second-order valence-corrected chi connectivity index (χ2v) is 6.31. The van der Waals surface area contributed by atoms with E-state index in [9.17, 15) is 4.79 Å². The van der Waals surface area contributed by atoms with Crippen LogP contribution in [-0.4, -0.2) is 67.7 Å². The second-order valence-electron chi connectivity index (χ2n) is 6.31. The average Bonchev–Trinajstić information content (AvgIpc) is 2.48. The largest absolute Gasteiger partial charge is 0.381 e. The number of rotatable bonds is 4. The standard InChI is InChI=1S/C15H29N3O2.ClH/c1-12-3-6-17(7-4-12)15(19)11-18-8-5-14(20-2)9-13(18)10-16;/h12-14H,3-11,16H2,1-2H3;1H. The van der Waals surface area contributed by atoms with Crippen LogP contribution in [0.1, 0.15) is 32.6 Å². The fraction of sp³-hybridized carbons (Fsp3) is 0.933. The van der Waals surface area contributed by atoms with Gasteiger partial charge in [-0.1, -0.05) is 6.92 Å². The molecule has 0 saturated carbocycles. The Balaban J connectivity index is 0.00000220. The topological polar surface area (TPSA) is 58.8 Å². The van der Waals surface area contributed by atoms with Crippen LogP contribution in [-0.2, 0) is 9.53 Å². The lowest BCUT2D eigenvalue weighted by Crippen LogP contribution is -2.53. The van der Waals surface area contributed by atoms with Crippen molar-refractivity contribution in [3.05, 3.63) is 0 Å². The van der Waals surface area contributed by atoms with Crippen molar-refractivity contribution in [2.75, 3.05) is 39.8 Å². The highest BCUT2D eigenvalue weighted by Crippen LogP contribution is 2.20. The molecule has 2 saturated heterocycles. The van der Waals surface area contributed by atoms with Gasteiger partial charge in [0.15, 0.2) is 0 Å². The number of nitrogens with two attached hydrogens (primary N) is 1. The Morgan fingerprint density at radius 1 is 1.24 bits per heavy atom. The molecular weight excluding hydrogens is 290 g/mol. The quantitative estimate of drug-likeness (QED) is 0.843. The first-order valence-electron chi connectivity index (χ1n) is 7.88. The second kappa shape index (κ2) is 8.93. The molecule has 2 rings (SSSR count). The number of halogens is 1. The summed E-state index contributed by atoms with van der Waals surface area (Å²) in [5, 5.41) is 0. The first-order valence-corrected chi connectivity index (χ1v) is 7.88. The number of nitrogens with zero attached hydrogens (tertiary/aromatic N) is 2. The van der Waals surface area contributed by atoms with Gasteiger partial charge in [0.2, 0.25) is 5.91 Å². The van der Waals surface area contributed by atoms with Gasteiger partial charge in [-0.25, -0.2) is 0 Å². The zero-order valence-electron chi connectivity index (χ0n) is 13.3. The average molecular weight is 320 g/mol. The van der Waals surface area contributed by atoms with Crippen molar-refractivity contribution in [3.63, 3.8) is 0 Å². The number of likely N-dealkylation sites (tertiary alicyclic amines) is 2. The molecule has 21 heavy (non-hydrogen) atoms. The Kier molecular flexibility index (Phi) is 7.95. The maximum absolute atomic E-state index is 12.4. The smallest absolute Gasteiger partial charge is 0.236 e. The van der Waals surface area contributed by atoms with E-state index in [1.807, 2.05) is 4.90 Å². The normalized spacial score (nSPS) is 28.2. The molecule has 0 aromatic rings. The lowest BCUT2D eigenvalue weighted by molar-refractivity contribution is -0.135. The molecule has 6 heteroatoms. The number of carbonyl (C=O) groups excluding carboxylic acids is 1. The van der Waals surface area contributed by atoms with E-state index in [-0.39, 0.29) is 24.4 Å². The molecule has 2 unspecified atom stereocenters. The molecule has 2 atom stereocenters. The van der Waals surface area contributed by atoms with Crippen LogP contribution in [0.3, 0.4) is 0 Å². The van der Waals surface area contributed by atoms with E-state index in [0.717, 1.165) is 51.2 Å². The molecule has 1 amide bonds. The number of ether oxygens (including phenoxy) is 1. The summed E-state index contributed by atoms with van der Waals surface area (Å²) in [5.74, 6) is 1.03. The van der Waals surface area contributed by atoms with Crippen molar-refractivity contribution in [2.24, 2.45) is 11.7 Å². The zero-order chi connectivity index (χ0) is 14.5. The van der Waals surface area contributed by atoms with E-state index in [2.05, 4.69) is 11.8 Å². The van der Waals surface area contributed by atoms with Crippen molar-refractivity contribution >= 4 is 18.3 Å². The van der Waals surface area contributed by atoms with Gasteiger partial charge in [0.1, 0.15) is 0 Å². The van der Waals surface area contributed by atoms with Crippen molar-refractivity contribution in [1.29, 1.82) is 0 Å². The molecule has 0 aromatic heterocycles. The molecule has 0 spiro atoms. The van der Waals surface area contributed by atoms with Gasteiger partial charge in [-0.15, -0.1) is 12.4 Å². The Labute approximate surface area is 134 Å². The predicted octanol–water partition coefficient (Wildman–Crippen LogP) is 1.10. The van der Waals surface area contributed by atoms with Crippen molar-refractivity contribution < 1.29 is 9.53 Å². The molecule has 5 nitrogen and oxygen atoms in total. The number of carbonyl (C=O) groups is 1. The van der Waals surface area contributed by atoms with Gasteiger partial charge in [0.25, 0.3) is 0 Å². The lowest BCUT2D eigenvalue weighted by Gasteiger charge is -2.39. The van der Waals surface area contributed by atoms with Crippen LogP contribution >= 0.6 is 12.4 Å². The van der Waals surface area contributed by atoms with Gasteiger partial charge in [-0.3, -0.25) is 9.69 Å². The maximum Gasteiger partial charge on any atom is 0.236 e. The summed E-state index contributed by atoms with van der Waals surface area (Å²) in [7, 11) is 1.76. The van der Waals surface area contributed by atoms with Gasteiger partial charge < -0.3 is 15.4 Å². The molecule has 0 radical (unpaired) electrons. The Bertz CT molecular complexity index is 322. The SMILES string of the molecule is COC1CCN(CC(=O)N2CCC(C)CC2)C(CN)C1.Cl. The Morgan fingerprint density at radius 2 is 1.90 bits per heavy atom. The molecule has 124 valence electrons. The molecule has 2 aliphatic rings. The minimum absolute atomic E-state index is 0. The predicted molar refractivity (Wildman–Crippen MR) is 86.7 cm³/mol. The van der Waals surface area contributed by atoms with Crippen molar-refractivity contribution in [3.8, 4) is 0 Å². The summed E-state index contributed by atoms with van der Waals surface area (Å²) in [6, 6.07) is 0.279. The Hall–Kier alpha value is -0.360. The molecular formula is C15H30ClN3O2. The highest BCUT2D eigenvalue weighted by molar-refractivity contribution is 5.85. The first-order chi connectivity index (χ1) is 9.63. The third kappa shape index (κ3) is 5.09. The minimum Gasteiger partial charge on any atom is -0.381 e. The summed E-state index contributed by atoms with van der Waals surface area (Å²) in [5.41, 5.74) is 5.86. The fourth-order valence-corrected chi connectivity index (χ4v) is 3.26. The first kappa shape index (κ1) is 18.7. The summed E-state index contributed by atoms with van der Waals surface area (Å²) in [6.45, 7) is 6.14. The fourth-order valence-electron chi connectivity index (χ4n) is 3.26. The van der Waals surface area contributed by atoms with Gasteiger partial charge in [0, 0.05) is 39.3 Å². The van der Waals surface area contributed by atoms with Crippen LogP contribution in [0.25, 0.3) is 0 Å². The number of amides is 1. The third-order valence-corrected chi connectivity index (χ3v) is 4.87. The van der Waals surface area contributed by atoms with Crippen LogP contribution in [0, 0.1) is 5.92 Å². The van der Waals surface area contributed by atoms with E-state index >= 15 is 0 Å². The summed E-state index contributed by atoms with van der Waals surface area (Å²) in [6.07, 6.45) is 4.51. The highest BCUT2D eigenvalue weighted by Gasteiger charge is 2.30. The van der Waals surface area contributed by atoms with Crippen molar-refractivity contribution in [2.45, 2.75) is 44.8 Å². The van der Waals surface area contributed by atoms with E-state index in [1.165, 1.54) is 0 Å².